The van der Waals surface area contributed by atoms with Gasteiger partial charge in [-0.1, -0.05) is 12.1 Å². The molecule has 0 spiro atoms. The van der Waals surface area contributed by atoms with Crippen LogP contribution in [0.1, 0.15) is 11.1 Å². The molecule has 1 aliphatic heterocycles. The van der Waals surface area contributed by atoms with E-state index in [-0.39, 0.29) is 11.1 Å². The minimum atomic E-state index is -0.266. The number of nitrogens with one attached hydrogen (secondary N) is 2. The first-order valence-electron chi connectivity index (χ1n) is 4.48. The molecule has 0 aromatic heterocycles. The number of nitriles is 1. The summed E-state index contributed by atoms with van der Waals surface area (Å²) in [6.07, 6.45) is 1.67. The number of carbonyl (C=O) groups is 1. The maximum atomic E-state index is 11.3. The fraction of sp³-hybridized carbons (Fsp3) is 0. The number of hydrogen-bond donors (Lipinski definition) is 2. The van der Waals surface area contributed by atoms with Crippen molar-refractivity contribution in [2.24, 2.45) is 0 Å². The SMILES string of the molecule is N#Cc1cccc(C=C2SC(=N)NC2=O)c1. The zero-order valence-electron chi connectivity index (χ0n) is 8.15. The first-order chi connectivity index (χ1) is 7.69. The number of amides is 1. The molecule has 0 aliphatic carbocycles. The van der Waals surface area contributed by atoms with Crippen molar-refractivity contribution < 1.29 is 4.79 Å². The van der Waals surface area contributed by atoms with Gasteiger partial charge < -0.3 is 5.32 Å². The molecule has 2 N–H and O–H groups in total. The van der Waals surface area contributed by atoms with Crippen LogP contribution in [0.25, 0.3) is 6.08 Å². The van der Waals surface area contributed by atoms with Gasteiger partial charge in [0.05, 0.1) is 16.5 Å². The number of hydrogen-bond acceptors (Lipinski definition) is 4. The molecular weight excluding hydrogens is 222 g/mol. The summed E-state index contributed by atoms with van der Waals surface area (Å²) < 4.78 is 0. The van der Waals surface area contributed by atoms with Crippen LogP contribution < -0.4 is 5.32 Å². The van der Waals surface area contributed by atoms with E-state index in [1.807, 2.05) is 12.1 Å². The predicted octanol–water partition coefficient (Wildman–Crippen LogP) is 1.70. The summed E-state index contributed by atoms with van der Waals surface area (Å²) in [5.41, 5.74) is 1.33. The number of nitrogens with zero attached hydrogens (tertiary/aromatic N) is 1. The second kappa shape index (κ2) is 4.21. The Morgan fingerprint density at radius 2 is 2.31 bits per heavy atom. The van der Waals surface area contributed by atoms with E-state index in [9.17, 15) is 4.79 Å². The summed E-state index contributed by atoms with van der Waals surface area (Å²) in [6, 6.07) is 9.00. The quantitative estimate of drug-likeness (QED) is 0.719. The highest BCUT2D eigenvalue weighted by Gasteiger charge is 2.21. The van der Waals surface area contributed by atoms with E-state index in [0.717, 1.165) is 17.3 Å². The summed E-state index contributed by atoms with van der Waals surface area (Å²) in [5.74, 6) is -0.266. The Balaban J connectivity index is 2.33. The van der Waals surface area contributed by atoms with Crippen LogP contribution in [0.5, 0.6) is 0 Å². The average Bonchev–Trinajstić information content (AvgIpc) is 2.58. The van der Waals surface area contributed by atoms with Crippen molar-refractivity contribution >= 4 is 28.9 Å². The van der Waals surface area contributed by atoms with Gasteiger partial charge in [-0.25, -0.2) is 0 Å². The molecule has 1 aromatic carbocycles. The van der Waals surface area contributed by atoms with Crippen LogP contribution in [0.3, 0.4) is 0 Å². The number of amidine groups is 1. The zero-order valence-corrected chi connectivity index (χ0v) is 8.97. The number of benzene rings is 1. The molecule has 0 radical (unpaired) electrons. The van der Waals surface area contributed by atoms with Gasteiger partial charge in [0.2, 0.25) is 0 Å². The lowest BCUT2D eigenvalue weighted by molar-refractivity contribution is -0.115. The Morgan fingerprint density at radius 1 is 1.50 bits per heavy atom. The van der Waals surface area contributed by atoms with Crippen LogP contribution in [0, 0.1) is 16.7 Å². The van der Waals surface area contributed by atoms with Gasteiger partial charge in [0.1, 0.15) is 0 Å². The van der Waals surface area contributed by atoms with Gasteiger partial charge >= 0.3 is 0 Å². The highest BCUT2D eigenvalue weighted by Crippen LogP contribution is 2.24. The lowest BCUT2D eigenvalue weighted by atomic mass is 10.1. The molecule has 0 atom stereocenters. The van der Waals surface area contributed by atoms with Gasteiger partial charge in [0, 0.05) is 0 Å². The van der Waals surface area contributed by atoms with E-state index in [0.29, 0.717) is 10.5 Å². The van der Waals surface area contributed by atoms with Crippen LogP contribution in [0.2, 0.25) is 0 Å². The smallest absolute Gasteiger partial charge is 0.264 e. The van der Waals surface area contributed by atoms with Crippen molar-refractivity contribution in [3.8, 4) is 6.07 Å². The minimum Gasteiger partial charge on any atom is -0.301 e. The van der Waals surface area contributed by atoms with Crippen molar-refractivity contribution in [1.29, 1.82) is 10.7 Å². The van der Waals surface area contributed by atoms with Crippen LogP contribution in [0.4, 0.5) is 0 Å². The highest BCUT2D eigenvalue weighted by molar-refractivity contribution is 8.18. The molecule has 1 saturated heterocycles. The molecule has 1 aromatic rings. The van der Waals surface area contributed by atoms with Crippen molar-refractivity contribution in [2.75, 3.05) is 0 Å². The van der Waals surface area contributed by atoms with Crippen LogP contribution in [-0.2, 0) is 4.79 Å². The Bertz CT molecular complexity index is 542. The molecule has 78 valence electrons. The average molecular weight is 229 g/mol. The third-order valence-electron chi connectivity index (χ3n) is 1.98. The fourth-order valence-corrected chi connectivity index (χ4v) is 1.99. The summed E-state index contributed by atoms with van der Waals surface area (Å²) in [5, 5.41) is 18.5. The Kier molecular flexibility index (Phi) is 2.75. The van der Waals surface area contributed by atoms with Gasteiger partial charge in [-0.15, -0.1) is 0 Å². The lowest BCUT2D eigenvalue weighted by Gasteiger charge is -1.95. The predicted molar refractivity (Wildman–Crippen MR) is 62.6 cm³/mol. The second-order valence-electron chi connectivity index (χ2n) is 3.13. The summed E-state index contributed by atoms with van der Waals surface area (Å²) in [4.78, 5) is 11.8. The largest absolute Gasteiger partial charge is 0.301 e. The molecule has 2 rings (SSSR count). The monoisotopic (exact) mass is 229 g/mol. The summed E-state index contributed by atoms with van der Waals surface area (Å²) >= 11 is 1.08. The van der Waals surface area contributed by atoms with Gasteiger partial charge in [0.25, 0.3) is 5.91 Å². The topological polar surface area (TPSA) is 76.7 Å². The van der Waals surface area contributed by atoms with Crippen LogP contribution >= 0.6 is 11.8 Å². The normalized spacial score (nSPS) is 17.3. The molecule has 16 heavy (non-hydrogen) atoms. The van der Waals surface area contributed by atoms with E-state index < -0.39 is 0 Å². The van der Waals surface area contributed by atoms with Gasteiger partial charge in [0.15, 0.2) is 5.17 Å². The third kappa shape index (κ3) is 2.12. The van der Waals surface area contributed by atoms with Crippen molar-refractivity contribution in [2.45, 2.75) is 0 Å². The van der Waals surface area contributed by atoms with E-state index in [4.69, 9.17) is 10.7 Å². The zero-order chi connectivity index (χ0) is 11.5. The molecule has 1 amide bonds. The van der Waals surface area contributed by atoms with E-state index >= 15 is 0 Å². The first kappa shape index (κ1) is 10.5. The summed E-state index contributed by atoms with van der Waals surface area (Å²) in [7, 11) is 0. The third-order valence-corrected chi connectivity index (χ3v) is 2.81. The molecular formula is C11H7N3OS. The molecule has 0 unspecified atom stereocenters. The van der Waals surface area contributed by atoms with E-state index in [1.54, 1.807) is 24.3 Å². The molecule has 1 fully saturated rings. The number of rotatable bonds is 1. The molecule has 1 aliphatic rings. The molecule has 0 saturated carbocycles. The van der Waals surface area contributed by atoms with E-state index in [2.05, 4.69) is 5.32 Å². The van der Waals surface area contributed by atoms with Crippen molar-refractivity contribution in [1.82, 2.24) is 5.32 Å². The maximum Gasteiger partial charge on any atom is 0.264 e. The standard InChI is InChI=1S/C11H7N3OS/c12-6-8-3-1-2-7(4-8)5-9-10(15)14-11(13)16-9/h1-5H,(H2,13,14,15). The number of carbonyl (C=O) groups excluding carboxylic acids is 1. The van der Waals surface area contributed by atoms with Gasteiger partial charge in [-0.2, -0.15) is 5.26 Å². The second-order valence-corrected chi connectivity index (χ2v) is 4.18. The van der Waals surface area contributed by atoms with Crippen molar-refractivity contribution in [3.63, 3.8) is 0 Å². The number of thioether (sulfide) groups is 1. The Hall–Kier alpha value is -2.06. The summed E-state index contributed by atoms with van der Waals surface area (Å²) in [6.45, 7) is 0. The lowest BCUT2D eigenvalue weighted by Crippen LogP contribution is -2.18. The van der Waals surface area contributed by atoms with Gasteiger partial charge in [-0.05, 0) is 35.5 Å². The molecule has 0 bridgehead atoms. The fourth-order valence-electron chi connectivity index (χ4n) is 1.29. The van der Waals surface area contributed by atoms with E-state index in [1.165, 1.54) is 0 Å². The minimum absolute atomic E-state index is 0.132. The van der Waals surface area contributed by atoms with Crippen molar-refractivity contribution in [3.05, 3.63) is 40.3 Å². The Morgan fingerprint density at radius 3 is 2.94 bits per heavy atom. The van der Waals surface area contributed by atoms with Crippen LogP contribution in [0.15, 0.2) is 29.2 Å². The Labute approximate surface area is 96.5 Å². The maximum absolute atomic E-state index is 11.3. The molecule has 4 nitrogen and oxygen atoms in total. The molecule has 1 heterocycles. The van der Waals surface area contributed by atoms with Gasteiger partial charge in [-0.3, -0.25) is 10.2 Å². The first-order valence-corrected chi connectivity index (χ1v) is 5.30. The van der Waals surface area contributed by atoms with Crippen LogP contribution in [-0.4, -0.2) is 11.1 Å². The molecule has 5 heteroatoms. The highest BCUT2D eigenvalue weighted by atomic mass is 32.2.